The summed E-state index contributed by atoms with van der Waals surface area (Å²) in [6.45, 7) is 0. The molecule has 10 rings (SSSR count). The average molecular weight is 680 g/mol. The van der Waals surface area contributed by atoms with Crippen molar-refractivity contribution in [3.05, 3.63) is 200 Å². The Morgan fingerprint density at radius 3 is 1.56 bits per heavy atom. The van der Waals surface area contributed by atoms with Crippen molar-refractivity contribution in [1.29, 1.82) is 0 Å². The van der Waals surface area contributed by atoms with E-state index in [1.165, 1.54) is 75.1 Å². The summed E-state index contributed by atoms with van der Waals surface area (Å²) >= 11 is 1.87. The lowest BCUT2D eigenvalue weighted by Gasteiger charge is -2.26. The predicted octanol–water partition coefficient (Wildman–Crippen LogP) is 14.8. The van der Waals surface area contributed by atoms with Crippen molar-refractivity contribution in [3.8, 4) is 33.4 Å². The van der Waals surface area contributed by atoms with Gasteiger partial charge >= 0.3 is 0 Å². The van der Waals surface area contributed by atoms with Crippen LogP contribution < -0.4 is 4.90 Å². The largest absolute Gasteiger partial charge is 0.310 e. The van der Waals surface area contributed by atoms with Crippen LogP contribution in [0.25, 0.3) is 75.1 Å². The van der Waals surface area contributed by atoms with Gasteiger partial charge in [-0.25, -0.2) is 0 Å². The molecule has 0 saturated carbocycles. The van der Waals surface area contributed by atoms with E-state index >= 15 is 0 Å². The van der Waals surface area contributed by atoms with Crippen LogP contribution >= 0.6 is 11.3 Å². The average Bonchev–Trinajstić information content (AvgIpc) is 3.61. The molecular formula is C50H33NS. The highest BCUT2D eigenvalue weighted by molar-refractivity contribution is 7.25. The van der Waals surface area contributed by atoms with Gasteiger partial charge in [0.1, 0.15) is 0 Å². The molecule has 0 aliphatic carbocycles. The number of rotatable bonds is 6. The maximum Gasteiger partial charge on any atom is 0.0468 e. The topological polar surface area (TPSA) is 3.24 Å². The highest BCUT2D eigenvalue weighted by Crippen LogP contribution is 2.42. The second-order valence-electron chi connectivity index (χ2n) is 13.3. The van der Waals surface area contributed by atoms with Crippen molar-refractivity contribution in [1.82, 2.24) is 0 Å². The molecule has 1 heterocycles. The third-order valence-corrected chi connectivity index (χ3v) is 11.4. The Bertz CT molecular complexity index is 2870. The molecule has 0 saturated heterocycles. The SMILES string of the molecule is c1ccc(-c2ccc(-c3ccc(N(c4ccc(-c5cccc6sc7ccccc7c56)cc4)c4ccc5c(ccc6ccccc65)c4)cc3)cc2)cc1. The summed E-state index contributed by atoms with van der Waals surface area (Å²) < 4.78 is 2.65. The molecule has 52 heavy (non-hydrogen) atoms. The third kappa shape index (κ3) is 5.33. The molecule has 9 aromatic carbocycles. The van der Waals surface area contributed by atoms with Crippen LogP contribution in [-0.2, 0) is 0 Å². The summed E-state index contributed by atoms with van der Waals surface area (Å²) in [5, 5.41) is 7.69. The van der Waals surface area contributed by atoms with E-state index in [2.05, 4.69) is 205 Å². The van der Waals surface area contributed by atoms with Crippen LogP contribution in [0.5, 0.6) is 0 Å². The molecule has 0 fully saturated rings. The molecule has 10 aromatic rings. The minimum absolute atomic E-state index is 1.11. The third-order valence-electron chi connectivity index (χ3n) is 10.3. The molecule has 1 aromatic heterocycles. The lowest BCUT2D eigenvalue weighted by Crippen LogP contribution is -2.09. The van der Waals surface area contributed by atoms with Crippen molar-refractivity contribution in [2.75, 3.05) is 4.90 Å². The molecule has 0 unspecified atom stereocenters. The number of hydrogen-bond donors (Lipinski definition) is 0. The Hall–Kier alpha value is -6.48. The standard InChI is InChI=1S/C50H33NS/c1-2-9-34(10-3-1)35-17-19-36(20-18-35)37-23-27-41(28-24-37)51(43-31-32-45-40(33-43)22-21-38-11-4-5-12-44(38)45)42-29-25-39(26-30-42)46-14-8-16-49-50(46)47-13-6-7-15-48(47)52-49/h1-33H. The van der Waals surface area contributed by atoms with E-state index in [1.807, 2.05) is 11.3 Å². The molecule has 2 heteroatoms. The van der Waals surface area contributed by atoms with E-state index in [1.54, 1.807) is 0 Å². The molecule has 0 bridgehead atoms. The number of benzene rings is 9. The predicted molar refractivity (Wildman–Crippen MR) is 225 cm³/mol. The molecule has 1 nitrogen and oxygen atoms in total. The lowest BCUT2D eigenvalue weighted by atomic mass is 9.98. The minimum Gasteiger partial charge on any atom is -0.310 e. The zero-order valence-corrected chi connectivity index (χ0v) is 29.2. The molecule has 0 spiro atoms. The molecule has 0 aliphatic rings. The number of nitrogens with zero attached hydrogens (tertiary/aromatic N) is 1. The summed E-state index contributed by atoms with van der Waals surface area (Å²) in [4.78, 5) is 2.38. The van der Waals surface area contributed by atoms with Crippen molar-refractivity contribution in [3.63, 3.8) is 0 Å². The van der Waals surface area contributed by atoms with Crippen LogP contribution in [0.2, 0.25) is 0 Å². The van der Waals surface area contributed by atoms with Crippen LogP contribution in [-0.4, -0.2) is 0 Å². The number of thiophene rings is 1. The Morgan fingerprint density at radius 1 is 0.308 bits per heavy atom. The van der Waals surface area contributed by atoms with Gasteiger partial charge in [0.15, 0.2) is 0 Å². The Kier molecular flexibility index (Phi) is 7.41. The molecule has 0 aliphatic heterocycles. The van der Waals surface area contributed by atoms with Crippen LogP contribution in [0.3, 0.4) is 0 Å². The first-order valence-electron chi connectivity index (χ1n) is 17.8. The fourth-order valence-corrected chi connectivity index (χ4v) is 8.81. The van der Waals surface area contributed by atoms with Crippen molar-refractivity contribution in [2.45, 2.75) is 0 Å². The maximum atomic E-state index is 2.38. The fraction of sp³-hybridized carbons (Fsp3) is 0. The summed E-state index contributed by atoms with van der Waals surface area (Å²) in [6, 6.07) is 72.9. The van der Waals surface area contributed by atoms with Crippen molar-refractivity contribution < 1.29 is 0 Å². The normalized spacial score (nSPS) is 11.5. The van der Waals surface area contributed by atoms with E-state index < -0.39 is 0 Å². The Balaban J connectivity index is 1.06. The first-order valence-corrected chi connectivity index (χ1v) is 18.6. The van der Waals surface area contributed by atoms with Gasteiger partial charge in [0, 0.05) is 37.2 Å². The summed E-state index contributed by atoms with van der Waals surface area (Å²) in [6.07, 6.45) is 0. The summed E-state index contributed by atoms with van der Waals surface area (Å²) in [5.41, 5.74) is 10.7. The number of fused-ring (bicyclic) bond motifs is 6. The van der Waals surface area contributed by atoms with Gasteiger partial charge < -0.3 is 4.90 Å². The Labute approximate surface area is 307 Å². The van der Waals surface area contributed by atoms with E-state index in [9.17, 15) is 0 Å². The van der Waals surface area contributed by atoms with Crippen molar-refractivity contribution in [2.24, 2.45) is 0 Å². The second-order valence-corrected chi connectivity index (χ2v) is 14.4. The molecule has 0 amide bonds. The van der Waals surface area contributed by atoms with Crippen LogP contribution in [0.4, 0.5) is 17.1 Å². The van der Waals surface area contributed by atoms with E-state index in [0.717, 1.165) is 17.1 Å². The fourth-order valence-electron chi connectivity index (χ4n) is 7.68. The molecule has 244 valence electrons. The zero-order chi connectivity index (χ0) is 34.4. The smallest absolute Gasteiger partial charge is 0.0468 e. The highest BCUT2D eigenvalue weighted by atomic mass is 32.1. The van der Waals surface area contributed by atoms with E-state index in [4.69, 9.17) is 0 Å². The van der Waals surface area contributed by atoms with Crippen LogP contribution in [0, 0.1) is 0 Å². The summed E-state index contributed by atoms with van der Waals surface area (Å²) in [5.74, 6) is 0. The molecule has 0 radical (unpaired) electrons. The van der Waals surface area contributed by atoms with Gasteiger partial charge in [-0.1, -0.05) is 152 Å². The Morgan fingerprint density at radius 2 is 0.827 bits per heavy atom. The monoisotopic (exact) mass is 679 g/mol. The van der Waals surface area contributed by atoms with Gasteiger partial charge in [0.25, 0.3) is 0 Å². The second kappa shape index (κ2) is 12.7. The van der Waals surface area contributed by atoms with Crippen LogP contribution in [0.15, 0.2) is 200 Å². The quantitative estimate of drug-likeness (QED) is 0.158. The van der Waals surface area contributed by atoms with Gasteiger partial charge in [-0.15, -0.1) is 11.3 Å². The first-order chi connectivity index (χ1) is 25.8. The first kappa shape index (κ1) is 30.4. The molecule has 0 N–H and O–H groups in total. The zero-order valence-electron chi connectivity index (χ0n) is 28.4. The van der Waals surface area contributed by atoms with E-state index in [0.29, 0.717) is 0 Å². The van der Waals surface area contributed by atoms with Gasteiger partial charge in [0.2, 0.25) is 0 Å². The highest BCUT2D eigenvalue weighted by Gasteiger charge is 2.16. The molecule has 0 atom stereocenters. The molecular weight excluding hydrogens is 647 g/mol. The van der Waals surface area contributed by atoms with Gasteiger partial charge in [-0.3, -0.25) is 0 Å². The maximum absolute atomic E-state index is 2.38. The van der Waals surface area contributed by atoms with Gasteiger partial charge in [-0.2, -0.15) is 0 Å². The van der Waals surface area contributed by atoms with Crippen LogP contribution in [0.1, 0.15) is 0 Å². The van der Waals surface area contributed by atoms with Gasteiger partial charge in [0.05, 0.1) is 0 Å². The summed E-state index contributed by atoms with van der Waals surface area (Å²) in [7, 11) is 0. The minimum atomic E-state index is 1.11. The van der Waals surface area contributed by atoms with E-state index in [-0.39, 0.29) is 0 Å². The van der Waals surface area contributed by atoms with Crippen molar-refractivity contribution >= 4 is 70.1 Å². The lowest BCUT2D eigenvalue weighted by molar-refractivity contribution is 1.29. The number of anilines is 3. The number of hydrogen-bond acceptors (Lipinski definition) is 2. The van der Waals surface area contributed by atoms with Gasteiger partial charge in [-0.05, 0) is 103 Å².